The van der Waals surface area contributed by atoms with Crippen molar-refractivity contribution in [2.45, 2.75) is 63.7 Å². The van der Waals surface area contributed by atoms with E-state index in [1.165, 1.54) is 128 Å². The van der Waals surface area contributed by atoms with Crippen molar-refractivity contribution in [2.24, 2.45) is 0 Å². The van der Waals surface area contributed by atoms with Gasteiger partial charge >= 0.3 is 0 Å². The van der Waals surface area contributed by atoms with Gasteiger partial charge in [0.25, 0.3) is 6.71 Å². The first-order valence-electron chi connectivity index (χ1n) is 26.6. The molecule has 0 saturated carbocycles. The summed E-state index contributed by atoms with van der Waals surface area (Å²) in [6, 6.07) is 82.3. The Morgan fingerprint density at radius 3 is 1.73 bits per heavy atom. The molecule has 2 aliphatic carbocycles. The second kappa shape index (κ2) is 14.5. The first-order chi connectivity index (χ1) is 36.0. The molecule has 3 aliphatic heterocycles. The van der Waals surface area contributed by atoms with Crippen molar-refractivity contribution in [1.29, 1.82) is 0 Å². The summed E-state index contributed by atoms with van der Waals surface area (Å²) in [5.41, 5.74) is 29.3. The van der Waals surface area contributed by atoms with E-state index in [4.69, 9.17) is 0 Å². The fraction of sp³-hybridized carbons (Fsp3) is 0.143. The lowest BCUT2D eigenvalue weighted by atomic mass is 9.32. The lowest BCUT2D eigenvalue weighted by Gasteiger charge is -2.53. The normalized spacial score (nSPS) is 17.2. The average Bonchev–Trinajstić information content (AvgIpc) is 3.94. The van der Waals surface area contributed by atoms with E-state index in [1.54, 1.807) is 0 Å². The van der Waals surface area contributed by atoms with Gasteiger partial charge in [-0.1, -0.05) is 205 Å². The fourth-order valence-electron chi connectivity index (χ4n) is 14.6. The van der Waals surface area contributed by atoms with Gasteiger partial charge in [0.1, 0.15) is 0 Å². The summed E-state index contributed by atoms with van der Waals surface area (Å²) in [6.45, 7) is 13.9. The number of benzene rings is 10. The van der Waals surface area contributed by atoms with Gasteiger partial charge in [0, 0.05) is 45.1 Å². The molecule has 0 saturated heterocycles. The van der Waals surface area contributed by atoms with Crippen LogP contribution in [0.5, 0.6) is 0 Å². The summed E-state index contributed by atoms with van der Waals surface area (Å²) >= 11 is 0. The first-order valence-corrected chi connectivity index (χ1v) is 26.6. The number of hydrogen-bond acceptors (Lipinski definition) is 2. The number of nitrogens with zero attached hydrogens (tertiary/aromatic N) is 3. The monoisotopic (exact) mass is 947 g/mol. The SMILES string of the molecule is CC(C)(C)c1ccc(N2c3ccc(C(C)(C)C)cc3B3c4cccc5c4N(c4ccccc4C54c5ccccc5C5c6ccccc6-c6cccc4c65)c4cc(-n5c6ccccc6c6ccccc65)cc2c43)cc1. The number of aromatic nitrogens is 1. The largest absolute Gasteiger partial charge is 0.311 e. The maximum absolute atomic E-state index is 2.70. The molecule has 2 atom stereocenters. The zero-order chi connectivity index (χ0) is 49.6. The highest BCUT2D eigenvalue weighted by Crippen LogP contribution is 2.66. The van der Waals surface area contributed by atoms with Crippen LogP contribution in [0.1, 0.15) is 97.5 Å². The number of hydrogen-bond donors (Lipinski definition) is 0. The highest BCUT2D eigenvalue weighted by Gasteiger charge is 2.56. The van der Waals surface area contributed by atoms with Crippen LogP contribution in [0.2, 0.25) is 0 Å². The van der Waals surface area contributed by atoms with E-state index in [2.05, 4.69) is 268 Å². The third-order valence-corrected chi connectivity index (χ3v) is 17.8. The van der Waals surface area contributed by atoms with E-state index >= 15 is 0 Å². The van der Waals surface area contributed by atoms with E-state index in [9.17, 15) is 0 Å². The van der Waals surface area contributed by atoms with Crippen LogP contribution >= 0.6 is 0 Å². The van der Waals surface area contributed by atoms with Crippen LogP contribution in [0, 0.1) is 0 Å². The van der Waals surface area contributed by atoms with Gasteiger partial charge in [0.05, 0.1) is 27.8 Å². The predicted octanol–water partition coefficient (Wildman–Crippen LogP) is 15.6. The summed E-state index contributed by atoms with van der Waals surface area (Å²) < 4.78 is 2.52. The van der Waals surface area contributed by atoms with Crippen molar-refractivity contribution >= 4 is 79.0 Å². The first kappa shape index (κ1) is 42.2. The number of anilines is 6. The van der Waals surface area contributed by atoms with Crippen LogP contribution < -0.4 is 26.2 Å². The van der Waals surface area contributed by atoms with Crippen molar-refractivity contribution in [3.8, 4) is 16.8 Å². The van der Waals surface area contributed by atoms with Crippen molar-refractivity contribution in [1.82, 2.24) is 4.57 Å². The Hall–Kier alpha value is -8.34. The molecule has 4 heteroatoms. The Balaban J connectivity index is 1.06. The van der Waals surface area contributed by atoms with Crippen molar-refractivity contribution in [2.75, 3.05) is 9.80 Å². The number of fused-ring (bicyclic) bond motifs is 18. The molecule has 0 bridgehead atoms. The van der Waals surface area contributed by atoms with Gasteiger partial charge < -0.3 is 14.4 Å². The lowest BCUT2D eigenvalue weighted by Crippen LogP contribution is -2.62. The van der Waals surface area contributed by atoms with E-state index in [0.29, 0.717) is 0 Å². The van der Waals surface area contributed by atoms with Crippen LogP contribution in [0.3, 0.4) is 0 Å². The summed E-state index contributed by atoms with van der Waals surface area (Å²) in [4.78, 5) is 5.29. The summed E-state index contributed by atoms with van der Waals surface area (Å²) in [7, 11) is 0. The minimum atomic E-state index is -0.602. The quantitative estimate of drug-likeness (QED) is 0.160. The van der Waals surface area contributed by atoms with E-state index in [-0.39, 0.29) is 23.5 Å². The van der Waals surface area contributed by atoms with Gasteiger partial charge in [0.15, 0.2) is 0 Å². The minimum absolute atomic E-state index is 0.0185. The molecule has 0 fully saturated rings. The molecule has 0 N–H and O–H groups in total. The van der Waals surface area contributed by atoms with Crippen LogP contribution in [0.15, 0.2) is 212 Å². The van der Waals surface area contributed by atoms with Crippen molar-refractivity contribution < 1.29 is 0 Å². The van der Waals surface area contributed by atoms with E-state index in [1.807, 2.05) is 0 Å². The standard InChI is InChI=1S/C70H54BN3/c1-68(2,3)42-33-36-44(37-34-42)72-61-38-35-43(69(4,5)6)39-57(61)71-56-29-18-28-55-67(56)74(63-41-45(40-62(72)66(63)71)73-58-30-14-10-20-47(58)48-21-11-15-31-59(48)73)60-32-16-13-26-53(60)70(55)52-25-12-9-23-51(52)64-49-22-8-7-19-46(49)50-24-17-27-54(70)65(50)64/h7-41,64H,1-6H3. The molecule has 16 rings (SSSR count). The molecule has 1 spiro atoms. The van der Waals surface area contributed by atoms with Crippen molar-refractivity contribution in [3.63, 3.8) is 0 Å². The number of para-hydroxylation sites is 4. The second-order valence-corrected chi connectivity index (χ2v) is 23.6. The predicted molar refractivity (Wildman–Crippen MR) is 310 cm³/mol. The molecule has 10 aromatic carbocycles. The zero-order valence-electron chi connectivity index (χ0n) is 42.7. The highest BCUT2D eigenvalue weighted by molar-refractivity contribution is 7.00. The topological polar surface area (TPSA) is 11.4 Å². The Labute approximate surface area is 434 Å². The Kier molecular flexibility index (Phi) is 8.24. The van der Waals surface area contributed by atoms with Gasteiger partial charge in [-0.15, -0.1) is 0 Å². The van der Waals surface area contributed by atoms with Gasteiger partial charge in [-0.3, -0.25) is 0 Å². The average molecular weight is 948 g/mol. The maximum atomic E-state index is 2.70. The summed E-state index contributed by atoms with van der Waals surface area (Å²) in [6.07, 6.45) is 0. The molecule has 4 heterocycles. The molecule has 352 valence electrons. The van der Waals surface area contributed by atoms with Crippen LogP contribution in [0.4, 0.5) is 34.1 Å². The third-order valence-electron chi connectivity index (χ3n) is 17.8. The summed E-state index contributed by atoms with van der Waals surface area (Å²) in [5, 5.41) is 2.51. The van der Waals surface area contributed by atoms with E-state index in [0.717, 1.165) is 11.4 Å². The van der Waals surface area contributed by atoms with Gasteiger partial charge in [0.2, 0.25) is 0 Å². The molecule has 2 unspecified atom stereocenters. The van der Waals surface area contributed by atoms with Crippen LogP contribution in [-0.2, 0) is 16.2 Å². The smallest absolute Gasteiger partial charge is 0.252 e. The molecule has 0 radical (unpaired) electrons. The Bertz CT molecular complexity index is 4200. The van der Waals surface area contributed by atoms with E-state index < -0.39 is 5.41 Å². The molecule has 74 heavy (non-hydrogen) atoms. The Morgan fingerprint density at radius 1 is 0.405 bits per heavy atom. The summed E-state index contributed by atoms with van der Waals surface area (Å²) in [5.74, 6) is 0.158. The molecular weight excluding hydrogens is 894 g/mol. The van der Waals surface area contributed by atoms with Crippen LogP contribution in [0.25, 0.3) is 38.6 Å². The van der Waals surface area contributed by atoms with Crippen molar-refractivity contribution in [3.05, 3.63) is 262 Å². The lowest BCUT2D eigenvalue weighted by molar-refractivity contribution is 0.590. The fourth-order valence-corrected chi connectivity index (χ4v) is 14.6. The number of rotatable bonds is 2. The van der Waals surface area contributed by atoms with Crippen LogP contribution in [-0.4, -0.2) is 11.3 Å². The van der Waals surface area contributed by atoms with Gasteiger partial charge in [-0.25, -0.2) is 0 Å². The zero-order valence-corrected chi connectivity index (χ0v) is 42.7. The highest BCUT2D eigenvalue weighted by atomic mass is 15.2. The molecule has 5 aliphatic rings. The molecule has 1 aromatic heterocycles. The second-order valence-electron chi connectivity index (χ2n) is 23.6. The van der Waals surface area contributed by atoms with Gasteiger partial charge in [-0.2, -0.15) is 0 Å². The Morgan fingerprint density at radius 2 is 0.986 bits per heavy atom. The molecular formula is C70H54BN3. The van der Waals surface area contributed by atoms with Gasteiger partial charge in [-0.05, 0) is 137 Å². The third kappa shape index (κ3) is 5.28. The molecule has 0 amide bonds. The molecule has 3 nitrogen and oxygen atoms in total. The molecule has 11 aromatic rings. The maximum Gasteiger partial charge on any atom is 0.252 e. The minimum Gasteiger partial charge on any atom is -0.311 e.